The first-order chi connectivity index (χ1) is 14.9. The maximum Gasteiger partial charge on any atom is 0.272 e. The molecule has 0 spiro atoms. The van der Waals surface area contributed by atoms with Crippen LogP contribution in [-0.2, 0) is 4.79 Å². The van der Waals surface area contributed by atoms with Crippen LogP contribution < -0.4 is 0 Å². The van der Waals surface area contributed by atoms with E-state index in [0.717, 1.165) is 36.9 Å². The molecule has 1 aliphatic heterocycles. The topological polar surface area (TPSA) is 75.8 Å². The maximum atomic E-state index is 13.4. The van der Waals surface area contributed by atoms with Gasteiger partial charge in [-0.1, -0.05) is 49.1 Å². The monoisotopic (exact) mass is 435 g/mol. The molecule has 1 heterocycles. The van der Waals surface area contributed by atoms with Gasteiger partial charge in [0.15, 0.2) is 5.17 Å². The van der Waals surface area contributed by atoms with Gasteiger partial charge in [-0.25, -0.2) is 4.99 Å². The van der Waals surface area contributed by atoms with Gasteiger partial charge in [0, 0.05) is 17.7 Å². The highest BCUT2D eigenvalue weighted by atomic mass is 32.2. The van der Waals surface area contributed by atoms with Gasteiger partial charge in [-0.05, 0) is 62.2 Å². The van der Waals surface area contributed by atoms with Crippen molar-refractivity contribution in [3.63, 3.8) is 0 Å². The number of nitro groups is 1. The molecule has 1 aliphatic carbocycles. The predicted octanol–water partition coefficient (Wildman–Crippen LogP) is 6.15. The quantitative estimate of drug-likeness (QED) is 0.328. The van der Waals surface area contributed by atoms with E-state index in [4.69, 9.17) is 4.99 Å². The lowest BCUT2D eigenvalue weighted by Gasteiger charge is -2.30. The Morgan fingerprint density at radius 3 is 2.48 bits per heavy atom. The lowest BCUT2D eigenvalue weighted by molar-refractivity contribution is -0.385. The van der Waals surface area contributed by atoms with Crippen molar-refractivity contribution in [1.29, 1.82) is 0 Å². The third kappa shape index (κ3) is 4.71. The Balaban J connectivity index is 1.71. The van der Waals surface area contributed by atoms with Gasteiger partial charge in [-0.2, -0.15) is 0 Å². The van der Waals surface area contributed by atoms with Crippen LogP contribution in [0.5, 0.6) is 0 Å². The molecule has 1 saturated carbocycles. The Morgan fingerprint density at radius 2 is 1.81 bits per heavy atom. The first-order valence-corrected chi connectivity index (χ1v) is 11.4. The standard InChI is InChI=1S/C24H25N3O3S/c1-16-8-12-19(13-9-16)25-24-26(20-6-4-3-5-7-20)23(28)22(31-24)15-18-11-10-17(2)21(14-18)27(29)30/h8-15,20H,3-7H2,1-2H3/b22-15+,25-24?. The molecule has 31 heavy (non-hydrogen) atoms. The Bertz CT molecular complexity index is 1070. The van der Waals surface area contributed by atoms with E-state index in [0.29, 0.717) is 21.2 Å². The van der Waals surface area contributed by atoms with E-state index in [2.05, 4.69) is 0 Å². The highest BCUT2D eigenvalue weighted by molar-refractivity contribution is 8.18. The zero-order valence-electron chi connectivity index (χ0n) is 17.7. The highest BCUT2D eigenvalue weighted by Gasteiger charge is 2.38. The summed E-state index contributed by atoms with van der Waals surface area (Å²) in [5.74, 6) is -0.0639. The number of benzene rings is 2. The summed E-state index contributed by atoms with van der Waals surface area (Å²) in [6.07, 6.45) is 7.12. The Hall–Kier alpha value is -2.93. The van der Waals surface area contributed by atoms with Crippen molar-refractivity contribution in [3.05, 3.63) is 74.2 Å². The first-order valence-electron chi connectivity index (χ1n) is 10.6. The normalized spacial score (nSPS) is 20.1. The van der Waals surface area contributed by atoms with E-state index in [1.807, 2.05) is 42.2 Å². The molecule has 0 bridgehead atoms. The fourth-order valence-corrected chi connectivity index (χ4v) is 5.08. The van der Waals surface area contributed by atoms with Crippen molar-refractivity contribution in [1.82, 2.24) is 4.90 Å². The number of carbonyl (C=O) groups excluding carboxylic acids is 1. The van der Waals surface area contributed by atoms with Gasteiger partial charge < -0.3 is 0 Å². The van der Waals surface area contributed by atoms with Gasteiger partial charge in [0.25, 0.3) is 11.6 Å². The summed E-state index contributed by atoms with van der Waals surface area (Å²) < 4.78 is 0. The minimum Gasteiger partial charge on any atom is -0.283 e. The summed E-state index contributed by atoms with van der Waals surface area (Å²) in [6, 6.07) is 13.1. The third-order valence-electron chi connectivity index (χ3n) is 5.76. The molecule has 160 valence electrons. The van der Waals surface area contributed by atoms with Crippen molar-refractivity contribution in [2.75, 3.05) is 0 Å². The second-order valence-electron chi connectivity index (χ2n) is 8.11. The van der Waals surface area contributed by atoms with Gasteiger partial charge in [-0.3, -0.25) is 19.8 Å². The molecule has 0 N–H and O–H groups in total. The number of nitro benzene ring substituents is 1. The number of aliphatic imine (C=N–C) groups is 1. The molecule has 2 aromatic carbocycles. The van der Waals surface area contributed by atoms with Crippen molar-refractivity contribution in [2.24, 2.45) is 4.99 Å². The number of carbonyl (C=O) groups is 1. The zero-order valence-corrected chi connectivity index (χ0v) is 18.5. The van der Waals surface area contributed by atoms with Crippen LogP contribution in [0.4, 0.5) is 11.4 Å². The van der Waals surface area contributed by atoms with Crippen LogP contribution in [0.15, 0.2) is 52.4 Å². The minimum atomic E-state index is -0.389. The predicted molar refractivity (Wildman–Crippen MR) is 125 cm³/mol. The summed E-state index contributed by atoms with van der Waals surface area (Å²) in [7, 11) is 0. The molecule has 6 nitrogen and oxygen atoms in total. The van der Waals surface area contributed by atoms with E-state index in [1.54, 1.807) is 19.1 Å². The van der Waals surface area contributed by atoms with Gasteiger partial charge in [0.2, 0.25) is 0 Å². The van der Waals surface area contributed by atoms with Gasteiger partial charge in [-0.15, -0.1) is 0 Å². The third-order valence-corrected chi connectivity index (χ3v) is 6.75. The first kappa shape index (κ1) is 21.3. The molecule has 2 fully saturated rings. The lowest BCUT2D eigenvalue weighted by atomic mass is 9.94. The van der Waals surface area contributed by atoms with Crippen molar-refractivity contribution in [3.8, 4) is 0 Å². The summed E-state index contributed by atoms with van der Waals surface area (Å²) in [5, 5.41) is 12.0. The number of rotatable bonds is 4. The van der Waals surface area contributed by atoms with Crippen LogP contribution in [0.25, 0.3) is 6.08 Å². The molecule has 7 heteroatoms. The fraction of sp³-hybridized carbons (Fsp3) is 0.333. The smallest absolute Gasteiger partial charge is 0.272 e. The Labute approximate surface area is 186 Å². The van der Waals surface area contributed by atoms with Crippen LogP contribution in [0, 0.1) is 24.0 Å². The molecule has 0 aromatic heterocycles. The molecule has 0 unspecified atom stereocenters. The van der Waals surface area contributed by atoms with Crippen LogP contribution in [0.3, 0.4) is 0 Å². The Morgan fingerprint density at radius 1 is 1.10 bits per heavy atom. The SMILES string of the molecule is Cc1ccc(N=C2S/C(=C/c3ccc(C)c([N+](=O)[O-])c3)C(=O)N2C2CCCCC2)cc1. The van der Waals surface area contributed by atoms with E-state index < -0.39 is 0 Å². The maximum absolute atomic E-state index is 13.4. The molecule has 1 saturated heterocycles. The van der Waals surface area contributed by atoms with Crippen molar-refractivity contribution >= 4 is 40.3 Å². The number of amides is 1. The minimum absolute atomic E-state index is 0.0579. The van der Waals surface area contributed by atoms with Crippen LogP contribution in [0.1, 0.15) is 48.8 Å². The second-order valence-corrected chi connectivity index (χ2v) is 9.12. The summed E-state index contributed by atoms with van der Waals surface area (Å²) in [5.41, 5.74) is 3.28. The molecule has 0 radical (unpaired) electrons. The van der Waals surface area contributed by atoms with Crippen molar-refractivity contribution in [2.45, 2.75) is 52.0 Å². The van der Waals surface area contributed by atoms with Crippen LogP contribution >= 0.6 is 11.8 Å². The fourth-order valence-electron chi connectivity index (χ4n) is 4.02. The number of amidine groups is 1. The van der Waals surface area contributed by atoms with Gasteiger partial charge in [0.05, 0.1) is 15.5 Å². The summed E-state index contributed by atoms with van der Waals surface area (Å²) >= 11 is 1.35. The van der Waals surface area contributed by atoms with Crippen LogP contribution in [-0.4, -0.2) is 26.9 Å². The summed E-state index contributed by atoms with van der Waals surface area (Å²) in [4.78, 5) is 31.5. The molecule has 2 aromatic rings. The molecular formula is C24H25N3O3S. The average molecular weight is 436 g/mol. The molecule has 1 amide bonds. The molecular weight excluding hydrogens is 410 g/mol. The second kappa shape index (κ2) is 9.06. The number of hydrogen-bond acceptors (Lipinski definition) is 5. The van der Waals surface area contributed by atoms with Gasteiger partial charge >= 0.3 is 0 Å². The highest BCUT2D eigenvalue weighted by Crippen LogP contribution is 2.38. The summed E-state index contributed by atoms with van der Waals surface area (Å²) in [6.45, 7) is 3.74. The van der Waals surface area contributed by atoms with E-state index in [1.165, 1.54) is 24.2 Å². The van der Waals surface area contributed by atoms with Gasteiger partial charge in [0.1, 0.15) is 0 Å². The van der Waals surface area contributed by atoms with Crippen LogP contribution in [0.2, 0.25) is 0 Å². The Kier molecular flexibility index (Phi) is 6.23. The van der Waals surface area contributed by atoms with E-state index >= 15 is 0 Å². The number of thioether (sulfide) groups is 1. The molecule has 2 aliphatic rings. The van der Waals surface area contributed by atoms with Crippen molar-refractivity contribution < 1.29 is 9.72 Å². The lowest BCUT2D eigenvalue weighted by Crippen LogP contribution is -2.40. The number of nitrogens with zero attached hydrogens (tertiary/aromatic N) is 3. The number of aryl methyl sites for hydroxylation is 2. The average Bonchev–Trinajstić information content (AvgIpc) is 3.06. The largest absolute Gasteiger partial charge is 0.283 e. The van der Waals surface area contributed by atoms with E-state index in [-0.39, 0.29) is 22.6 Å². The zero-order chi connectivity index (χ0) is 22.0. The number of hydrogen-bond donors (Lipinski definition) is 0. The molecule has 0 atom stereocenters. The van der Waals surface area contributed by atoms with E-state index in [9.17, 15) is 14.9 Å². The molecule has 4 rings (SSSR count).